The fourth-order valence-corrected chi connectivity index (χ4v) is 4.25. The third-order valence-electron chi connectivity index (χ3n) is 5.06. The lowest BCUT2D eigenvalue weighted by Gasteiger charge is -2.23. The maximum Gasteiger partial charge on any atom is 0.422 e. The maximum absolute atomic E-state index is 12.8. The summed E-state index contributed by atoms with van der Waals surface area (Å²) in [5.74, 6) is -1.46. The van der Waals surface area contributed by atoms with Crippen molar-refractivity contribution in [1.82, 2.24) is 14.9 Å². The number of alkyl halides is 3. The van der Waals surface area contributed by atoms with E-state index in [9.17, 15) is 31.2 Å². The number of nitrogens with zero attached hydrogens (tertiary/aromatic N) is 2. The number of nitrogens with two attached hydrogens (primary N) is 1. The van der Waals surface area contributed by atoms with Gasteiger partial charge in [-0.25, -0.2) is 18.5 Å². The van der Waals surface area contributed by atoms with Crippen LogP contribution in [0, 0.1) is 0 Å². The van der Waals surface area contributed by atoms with Crippen molar-refractivity contribution >= 4 is 38.6 Å². The molecule has 1 aliphatic rings. The zero-order valence-corrected chi connectivity index (χ0v) is 18.3. The number of benzene rings is 1. The number of pyridine rings is 1. The number of halogens is 3. The van der Waals surface area contributed by atoms with Crippen molar-refractivity contribution in [1.29, 1.82) is 0 Å². The predicted molar refractivity (Wildman–Crippen MR) is 114 cm³/mol. The van der Waals surface area contributed by atoms with Crippen LogP contribution in [0.15, 0.2) is 41.3 Å². The average molecular weight is 497 g/mol. The lowest BCUT2D eigenvalue weighted by atomic mass is 10.2. The van der Waals surface area contributed by atoms with Gasteiger partial charge < -0.3 is 19.9 Å². The molecule has 34 heavy (non-hydrogen) atoms. The maximum atomic E-state index is 12.8. The molecule has 3 heterocycles. The summed E-state index contributed by atoms with van der Waals surface area (Å²) in [7, 11) is -4.43. The van der Waals surface area contributed by atoms with E-state index in [1.807, 2.05) is 6.92 Å². The SMILES string of the molecule is C[C@@H]1CNC(=O)c2cc3ccc(C(=O)Nc4ccc(OCC(F)(F)F)cc4S(N)(=O)=O)nc3n21. The van der Waals surface area contributed by atoms with Crippen LogP contribution in [0.2, 0.25) is 0 Å². The van der Waals surface area contributed by atoms with Crippen LogP contribution in [0.25, 0.3) is 11.0 Å². The minimum absolute atomic E-state index is 0.0793. The van der Waals surface area contributed by atoms with Gasteiger partial charge in [0.15, 0.2) is 6.61 Å². The van der Waals surface area contributed by atoms with Crippen LogP contribution in [-0.2, 0) is 10.0 Å². The highest BCUT2D eigenvalue weighted by molar-refractivity contribution is 7.89. The van der Waals surface area contributed by atoms with Gasteiger partial charge in [0.1, 0.15) is 27.7 Å². The second-order valence-corrected chi connectivity index (χ2v) is 9.16. The molecule has 14 heteroatoms. The van der Waals surface area contributed by atoms with Gasteiger partial charge in [-0.3, -0.25) is 9.59 Å². The van der Waals surface area contributed by atoms with Gasteiger partial charge in [-0.05, 0) is 37.3 Å². The molecule has 10 nitrogen and oxygen atoms in total. The van der Waals surface area contributed by atoms with Crippen LogP contribution >= 0.6 is 0 Å². The Bertz CT molecular complexity index is 1420. The van der Waals surface area contributed by atoms with E-state index in [1.165, 1.54) is 6.07 Å². The molecule has 0 saturated carbocycles. The number of hydrogen-bond donors (Lipinski definition) is 3. The predicted octanol–water partition coefficient (Wildman–Crippen LogP) is 2.18. The molecule has 1 aromatic carbocycles. The molecule has 0 aliphatic carbocycles. The molecule has 4 rings (SSSR count). The summed E-state index contributed by atoms with van der Waals surface area (Å²) in [6.45, 7) is 0.622. The Balaban J connectivity index is 1.66. The summed E-state index contributed by atoms with van der Waals surface area (Å²) in [5, 5.41) is 10.9. The van der Waals surface area contributed by atoms with Crippen LogP contribution in [0.1, 0.15) is 33.9 Å². The first kappa shape index (κ1) is 23.5. The number of anilines is 1. The molecule has 0 radical (unpaired) electrons. The highest BCUT2D eigenvalue weighted by atomic mass is 32.2. The van der Waals surface area contributed by atoms with Crippen molar-refractivity contribution < 1.29 is 35.9 Å². The summed E-state index contributed by atoms with van der Waals surface area (Å²) in [5.41, 5.74) is 0.445. The molecule has 4 N–H and O–H groups in total. The van der Waals surface area contributed by atoms with Crippen molar-refractivity contribution in [3.05, 3.63) is 47.8 Å². The van der Waals surface area contributed by atoms with E-state index in [-0.39, 0.29) is 23.3 Å². The average Bonchev–Trinajstić information content (AvgIpc) is 3.14. The molecule has 0 saturated heterocycles. The first-order valence-electron chi connectivity index (χ1n) is 9.81. The van der Waals surface area contributed by atoms with Crippen LogP contribution < -0.4 is 20.5 Å². The quantitative estimate of drug-likeness (QED) is 0.493. The number of aromatic nitrogens is 2. The number of primary sulfonamides is 1. The summed E-state index contributed by atoms with van der Waals surface area (Å²) in [4.78, 5) is 28.7. The molecule has 0 fully saturated rings. The number of hydrogen-bond acceptors (Lipinski definition) is 6. The minimum atomic E-state index is -4.63. The third-order valence-corrected chi connectivity index (χ3v) is 6.01. The van der Waals surface area contributed by atoms with Gasteiger partial charge in [0.2, 0.25) is 10.0 Å². The minimum Gasteiger partial charge on any atom is -0.484 e. The van der Waals surface area contributed by atoms with Gasteiger partial charge >= 0.3 is 6.18 Å². The molecule has 0 unspecified atom stereocenters. The van der Waals surface area contributed by atoms with Gasteiger partial charge in [0, 0.05) is 18.0 Å². The number of ether oxygens (including phenoxy) is 1. The van der Waals surface area contributed by atoms with Gasteiger partial charge in [-0.2, -0.15) is 13.2 Å². The van der Waals surface area contributed by atoms with E-state index in [2.05, 4.69) is 20.4 Å². The van der Waals surface area contributed by atoms with Crippen molar-refractivity contribution in [2.24, 2.45) is 5.14 Å². The molecule has 2 amide bonds. The topological polar surface area (TPSA) is 145 Å². The van der Waals surface area contributed by atoms with Crippen LogP contribution in [0.3, 0.4) is 0 Å². The van der Waals surface area contributed by atoms with E-state index in [1.54, 1.807) is 16.7 Å². The van der Waals surface area contributed by atoms with Crippen molar-refractivity contribution in [2.75, 3.05) is 18.5 Å². The first-order valence-corrected chi connectivity index (χ1v) is 11.4. The van der Waals surface area contributed by atoms with Gasteiger partial charge in [0.05, 0.1) is 11.7 Å². The normalized spacial score (nSPS) is 16.1. The zero-order valence-electron chi connectivity index (χ0n) is 17.5. The van der Waals surface area contributed by atoms with Gasteiger partial charge in [-0.1, -0.05) is 0 Å². The summed E-state index contributed by atoms with van der Waals surface area (Å²) in [6, 6.07) is 7.43. The fraction of sp³-hybridized carbons (Fsp3) is 0.250. The molecule has 0 spiro atoms. The first-order chi connectivity index (χ1) is 15.8. The highest BCUT2D eigenvalue weighted by Gasteiger charge is 2.29. The second kappa shape index (κ2) is 8.29. The molecule has 1 aliphatic heterocycles. The Labute approximate surface area is 190 Å². The van der Waals surface area contributed by atoms with Crippen molar-refractivity contribution in [2.45, 2.75) is 24.0 Å². The van der Waals surface area contributed by atoms with Crippen molar-refractivity contribution in [3.63, 3.8) is 0 Å². The molecular weight excluding hydrogens is 479 g/mol. The lowest BCUT2D eigenvalue weighted by Crippen LogP contribution is -2.37. The smallest absolute Gasteiger partial charge is 0.422 e. The van der Waals surface area contributed by atoms with E-state index >= 15 is 0 Å². The largest absolute Gasteiger partial charge is 0.484 e. The van der Waals surface area contributed by atoms with Crippen LogP contribution in [-0.4, -0.2) is 49.1 Å². The second-order valence-electron chi connectivity index (χ2n) is 7.63. The Morgan fingerprint density at radius 1 is 1.29 bits per heavy atom. The third kappa shape index (κ3) is 4.68. The molecule has 1 atom stereocenters. The number of carbonyl (C=O) groups excluding carboxylic acids is 2. The Morgan fingerprint density at radius 3 is 2.71 bits per heavy atom. The van der Waals surface area contributed by atoms with Crippen LogP contribution in [0.5, 0.6) is 5.75 Å². The number of amides is 2. The molecule has 180 valence electrons. The summed E-state index contributed by atoms with van der Waals surface area (Å²) < 4.78 is 67.4. The van der Waals surface area contributed by atoms with Crippen LogP contribution in [0.4, 0.5) is 18.9 Å². The zero-order chi connectivity index (χ0) is 24.8. The molecule has 2 aromatic heterocycles. The molecule has 3 aromatic rings. The highest BCUT2D eigenvalue weighted by Crippen LogP contribution is 2.29. The van der Waals surface area contributed by atoms with Gasteiger partial charge in [-0.15, -0.1) is 0 Å². The lowest BCUT2D eigenvalue weighted by molar-refractivity contribution is -0.153. The summed E-state index contributed by atoms with van der Waals surface area (Å²) >= 11 is 0. The number of rotatable bonds is 5. The van der Waals surface area contributed by atoms with E-state index in [0.29, 0.717) is 23.3 Å². The van der Waals surface area contributed by atoms with Crippen molar-refractivity contribution in [3.8, 4) is 5.75 Å². The number of nitrogens with one attached hydrogen (secondary N) is 2. The fourth-order valence-electron chi connectivity index (χ4n) is 3.55. The molecular formula is C20H18F3N5O5S. The van der Waals surface area contributed by atoms with Gasteiger partial charge in [0.25, 0.3) is 11.8 Å². The Hall–Kier alpha value is -3.65. The number of fused-ring (bicyclic) bond motifs is 3. The Kier molecular flexibility index (Phi) is 5.73. The monoisotopic (exact) mass is 497 g/mol. The summed E-state index contributed by atoms with van der Waals surface area (Å²) in [6.07, 6.45) is -4.63. The van der Waals surface area contributed by atoms with E-state index in [4.69, 9.17) is 5.14 Å². The number of carbonyl (C=O) groups is 2. The van der Waals surface area contributed by atoms with E-state index in [0.717, 1.165) is 18.2 Å². The number of sulfonamides is 1. The molecule has 0 bridgehead atoms. The van der Waals surface area contributed by atoms with E-state index < -0.39 is 39.4 Å². The standard InChI is InChI=1S/C20H18F3N5O5S/c1-10-8-25-19(30)15-6-11-2-4-14(26-17(11)28(10)15)18(29)27-13-5-3-12(33-9-20(21,22)23)7-16(13)34(24,31)32/h2-7,10H,8-9H2,1H3,(H,25,30)(H,27,29)(H2,24,31,32)/t10-/m1/s1. The Morgan fingerprint density at radius 2 is 2.03 bits per heavy atom.